The molecule has 2 N–H and O–H groups in total. The molecule has 1 atom stereocenters. The third-order valence-electron chi connectivity index (χ3n) is 5.61. The van der Waals surface area contributed by atoms with E-state index < -0.39 is 12.0 Å². The molecular weight excluding hydrogens is 352 g/mol. The van der Waals surface area contributed by atoms with Crippen molar-refractivity contribution in [2.45, 2.75) is 39.3 Å². The van der Waals surface area contributed by atoms with E-state index >= 15 is 0 Å². The van der Waals surface area contributed by atoms with Crippen molar-refractivity contribution in [2.75, 3.05) is 13.1 Å². The number of piperidine rings is 1. The molecule has 0 aliphatic carbocycles. The highest BCUT2D eigenvalue weighted by atomic mass is 16.4. The zero-order valence-corrected chi connectivity index (χ0v) is 16.5. The smallest absolute Gasteiger partial charge is 0.330 e. The van der Waals surface area contributed by atoms with E-state index in [9.17, 15) is 14.7 Å². The summed E-state index contributed by atoms with van der Waals surface area (Å²) in [4.78, 5) is 26.8. The van der Waals surface area contributed by atoms with Gasteiger partial charge < -0.3 is 10.4 Å². The lowest BCUT2D eigenvalue weighted by molar-refractivity contribution is -0.143. The molecular formula is C23H28N2O3. The minimum atomic E-state index is -1.03. The number of benzene rings is 2. The number of carbonyl (C=O) groups excluding carboxylic acids is 1. The monoisotopic (exact) mass is 380 g/mol. The van der Waals surface area contributed by atoms with Crippen molar-refractivity contribution in [3.63, 3.8) is 0 Å². The fourth-order valence-electron chi connectivity index (χ4n) is 3.69. The van der Waals surface area contributed by atoms with Crippen molar-refractivity contribution in [1.82, 2.24) is 10.2 Å². The van der Waals surface area contributed by atoms with Gasteiger partial charge in [-0.1, -0.05) is 48.5 Å². The Balaban J connectivity index is 1.57. The van der Waals surface area contributed by atoms with E-state index in [0.29, 0.717) is 5.56 Å². The fraction of sp³-hybridized carbons (Fsp3) is 0.391. The minimum absolute atomic E-state index is 0.139. The van der Waals surface area contributed by atoms with Crippen molar-refractivity contribution in [3.8, 4) is 0 Å². The van der Waals surface area contributed by atoms with Gasteiger partial charge in [-0.2, -0.15) is 0 Å². The number of carboxylic acid groups (broad SMARTS) is 1. The molecule has 0 spiro atoms. The first-order valence-corrected chi connectivity index (χ1v) is 9.80. The highest BCUT2D eigenvalue weighted by molar-refractivity contribution is 5.86. The Morgan fingerprint density at radius 1 is 1.07 bits per heavy atom. The van der Waals surface area contributed by atoms with Crippen LogP contribution in [0.5, 0.6) is 0 Å². The number of rotatable bonds is 6. The average Bonchev–Trinajstić information content (AvgIpc) is 2.69. The lowest BCUT2D eigenvalue weighted by atomic mass is 9.94. The maximum atomic E-state index is 12.7. The van der Waals surface area contributed by atoms with E-state index in [1.54, 1.807) is 6.07 Å². The second-order valence-electron chi connectivity index (χ2n) is 7.66. The molecule has 2 aromatic rings. The van der Waals surface area contributed by atoms with E-state index in [1.807, 2.05) is 44.2 Å². The van der Waals surface area contributed by atoms with E-state index in [2.05, 4.69) is 22.3 Å². The van der Waals surface area contributed by atoms with E-state index in [-0.39, 0.29) is 11.8 Å². The van der Waals surface area contributed by atoms with Crippen LogP contribution in [0.4, 0.5) is 0 Å². The largest absolute Gasteiger partial charge is 0.479 e. The van der Waals surface area contributed by atoms with Crippen LogP contribution < -0.4 is 5.32 Å². The maximum absolute atomic E-state index is 12.7. The predicted octanol–water partition coefficient (Wildman–Crippen LogP) is 3.46. The molecule has 28 heavy (non-hydrogen) atoms. The van der Waals surface area contributed by atoms with Gasteiger partial charge in [0.1, 0.15) is 0 Å². The number of likely N-dealkylation sites (tertiary alicyclic amines) is 1. The topological polar surface area (TPSA) is 69.6 Å². The van der Waals surface area contributed by atoms with Crippen LogP contribution in [0.15, 0.2) is 48.5 Å². The van der Waals surface area contributed by atoms with Gasteiger partial charge in [0.05, 0.1) is 0 Å². The summed E-state index contributed by atoms with van der Waals surface area (Å²) in [6.45, 7) is 6.50. The molecule has 5 heteroatoms. The fourth-order valence-corrected chi connectivity index (χ4v) is 3.69. The second-order valence-corrected chi connectivity index (χ2v) is 7.66. The molecule has 1 saturated heterocycles. The van der Waals surface area contributed by atoms with Gasteiger partial charge in [-0.15, -0.1) is 0 Å². The van der Waals surface area contributed by atoms with E-state index in [1.165, 1.54) is 5.56 Å². The van der Waals surface area contributed by atoms with Crippen LogP contribution in [-0.2, 0) is 16.1 Å². The number of hydrogen-bond acceptors (Lipinski definition) is 3. The third kappa shape index (κ3) is 4.98. The Morgan fingerprint density at radius 3 is 2.36 bits per heavy atom. The Hall–Kier alpha value is -2.66. The summed E-state index contributed by atoms with van der Waals surface area (Å²) in [6.07, 6.45) is 1.50. The van der Waals surface area contributed by atoms with Crippen LogP contribution in [0.25, 0.3) is 0 Å². The molecule has 3 rings (SSSR count). The van der Waals surface area contributed by atoms with Crippen LogP contribution in [0.2, 0.25) is 0 Å². The molecule has 5 nitrogen and oxygen atoms in total. The summed E-state index contributed by atoms with van der Waals surface area (Å²) < 4.78 is 0. The van der Waals surface area contributed by atoms with Crippen LogP contribution in [0, 0.1) is 19.8 Å². The first-order valence-electron chi connectivity index (χ1n) is 9.80. The number of amides is 1. The van der Waals surface area contributed by atoms with Gasteiger partial charge >= 0.3 is 5.97 Å². The predicted molar refractivity (Wildman–Crippen MR) is 109 cm³/mol. The summed E-state index contributed by atoms with van der Waals surface area (Å²) >= 11 is 0. The van der Waals surface area contributed by atoms with Crippen LogP contribution in [-0.4, -0.2) is 35.0 Å². The number of aryl methyl sites for hydroxylation is 2. The summed E-state index contributed by atoms with van der Waals surface area (Å²) in [5.41, 5.74) is 4.01. The molecule has 0 bridgehead atoms. The number of nitrogens with one attached hydrogen (secondary N) is 1. The Bertz CT molecular complexity index is 827. The molecule has 1 aliphatic rings. The van der Waals surface area contributed by atoms with Crippen molar-refractivity contribution in [1.29, 1.82) is 0 Å². The van der Waals surface area contributed by atoms with Gasteiger partial charge in [0.15, 0.2) is 6.04 Å². The van der Waals surface area contributed by atoms with Gasteiger partial charge in [-0.25, -0.2) is 4.79 Å². The van der Waals surface area contributed by atoms with Crippen molar-refractivity contribution < 1.29 is 14.7 Å². The molecule has 1 aliphatic heterocycles. The van der Waals surface area contributed by atoms with Crippen molar-refractivity contribution >= 4 is 11.9 Å². The molecule has 1 unspecified atom stereocenters. The molecule has 1 amide bonds. The summed E-state index contributed by atoms with van der Waals surface area (Å²) in [7, 11) is 0. The lowest BCUT2D eigenvalue weighted by Gasteiger charge is -2.32. The SMILES string of the molecule is Cc1ccc(C(NC(=O)C2CCN(Cc3ccccc3)CC2)C(=O)O)cc1C. The zero-order valence-electron chi connectivity index (χ0n) is 16.5. The summed E-state index contributed by atoms with van der Waals surface area (Å²) in [5, 5.41) is 12.4. The average molecular weight is 380 g/mol. The Kier molecular flexibility index (Phi) is 6.47. The Labute approximate surface area is 166 Å². The summed E-state index contributed by atoms with van der Waals surface area (Å²) in [5.74, 6) is -1.33. The molecule has 148 valence electrons. The van der Waals surface area contributed by atoms with E-state index in [0.717, 1.165) is 43.6 Å². The zero-order chi connectivity index (χ0) is 20.1. The van der Waals surface area contributed by atoms with Crippen LogP contribution in [0.3, 0.4) is 0 Å². The lowest BCUT2D eigenvalue weighted by Crippen LogP contribution is -2.42. The standard InChI is InChI=1S/C23H28N2O3/c1-16-8-9-20(14-17(16)2)21(23(27)28)24-22(26)19-10-12-25(13-11-19)15-18-6-4-3-5-7-18/h3-9,14,19,21H,10-13,15H2,1-2H3,(H,24,26)(H,27,28). The highest BCUT2D eigenvalue weighted by Gasteiger charge is 2.29. The molecule has 1 fully saturated rings. The van der Waals surface area contributed by atoms with E-state index in [4.69, 9.17) is 0 Å². The minimum Gasteiger partial charge on any atom is -0.479 e. The third-order valence-corrected chi connectivity index (χ3v) is 5.61. The van der Waals surface area contributed by atoms with Gasteiger partial charge in [-0.05, 0) is 62.0 Å². The number of aliphatic carboxylic acids is 1. The van der Waals surface area contributed by atoms with Crippen molar-refractivity contribution in [3.05, 3.63) is 70.8 Å². The number of carbonyl (C=O) groups is 2. The number of nitrogens with zero attached hydrogens (tertiary/aromatic N) is 1. The highest BCUT2D eigenvalue weighted by Crippen LogP contribution is 2.22. The first kappa shape index (κ1) is 20.1. The van der Waals surface area contributed by atoms with Crippen LogP contribution >= 0.6 is 0 Å². The molecule has 0 aromatic heterocycles. The number of hydrogen-bond donors (Lipinski definition) is 2. The molecule has 0 radical (unpaired) electrons. The van der Waals surface area contributed by atoms with Gasteiger partial charge in [0.25, 0.3) is 0 Å². The number of carboxylic acids is 1. The van der Waals surface area contributed by atoms with Crippen molar-refractivity contribution in [2.24, 2.45) is 5.92 Å². The first-order chi connectivity index (χ1) is 13.4. The van der Waals surface area contributed by atoms with Gasteiger partial charge in [0.2, 0.25) is 5.91 Å². The quantitative estimate of drug-likeness (QED) is 0.805. The van der Waals surface area contributed by atoms with Gasteiger partial charge in [0, 0.05) is 12.5 Å². The molecule has 2 aromatic carbocycles. The molecule has 0 saturated carbocycles. The van der Waals surface area contributed by atoms with Gasteiger partial charge in [-0.3, -0.25) is 9.69 Å². The maximum Gasteiger partial charge on any atom is 0.330 e. The Morgan fingerprint density at radius 2 is 1.75 bits per heavy atom. The molecule has 1 heterocycles. The normalized spacial score (nSPS) is 16.5. The van der Waals surface area contributed by atoms with Crippen LogP contribution in [0.1, 0.15) is 41.1 Å². The summed E-state index contributed by atoms with van der Waals surface area (Å²) in [6, 6.07) is 14.8. The second kappa shape index (κ2) is 9.02.